The lowest BCUT2D eigenvalue weighted by Crippen LogP contribution is -2.48. The van der Waals surface area contributed by atoms with Gasteiger partial charge < -0.3 is 5.11 Å². The molecule has 2 aromatic rings. The molecule has 0 saturated heterocycles. The monoisotopic (exact) mass is 520 g/mol. The highest BCUT2D eigenvalue weighted by molar-refractivity contribution is 5.59. The van der Waals surface area contributed by atoms with E-state index in [9.17, 15) is 5.11 Å². The fraction of sp³-hybridized carbons (Fsp3) is 0.676. The molecule has 0 heterocycles. The summed E-state index contributed by atoms with van der Waals surface area (Å²) < 4.78 is 0. The minimum absolute atomic E-state index is 0.132. The topological polar surface area (TPSA) is 20.2 Å². The Labute approximate surface area is 236 Å². The molecule has 1 heteroatoms. The van der Waals surface area contributed by atoms with Gasteiger partial charge in [0.2, 0.25) is 0 Å². The average molecular weight is 521 g/mol. The van der Waals surface area contributed by atoms with Crippen LogP contribution >= 0.6 is 0 Å². The first-order valence-electron chi connectivity index (χ1n) is 14.9. The van der Waals surface area contributed by atoms with Gasteiger partial charge >= 0.3 is 0 Å². The molecule has 214 valence electrons. The molecule has 0 spiro atoms. The molecule has 1 N–H and O–H groups in total. The first-order chi connectivity index (χ1) is 16.8. The van der Waals surface area contributed by atoms with E-state index in [1.807, 2.05) is 0 Å². The van der Waals surface area contributed by atoms with Crippen LogP contribution in [0.5, 0.6) is 0 Å². The van der Waals surface area contributed by atoms with E-state index in [0.717, 1.165) is 24.0 Å². The quantitative estimate of drug-likeness (QED) is 0.425. The van der Waals surface area contributed by atoms with Crippen molar-refractivity contribution in [2.24, 2.45) is 5.41 Å². The van der Waals surface area contributed by atoms with E-state index >= 15 is 0 Å². The SMILES string of the molecule is CCc1cc(C(C)(C)C)c(C(O)(c2c(C(C)(C)C)cc(CC)cc2C(C)(C)C)C(C)(C)C)c(C(C)(C)C)c1. The highest BCUT2D eigenvalue weighted by Crippen LogP contribution is 2.55. The molecule has 0 amide bonds. The lowest BCUT2D eigenvalue weighted by molar-refractivity contribution is -0.0312. The molecule has 0 fully saturated rings. The summed E-state index contributed by atoms with van der Waals surface area (Å²) in [5.74, 6) is 0. The van der Waals surface area contributed by atoms with Crippen molar-refractivity contribution in [2.45, 2.75) is 158 Å². The summed E-state index contributed by atoms with van der Waals surface area (Å²) in [6, 6.07) is 9.54. The van der Waals surface area contributed by atoms with E-state index in [2.05, 4.69) is 142 Å². The average Bonchev–Trinajstić information content (AvgIpc) is 2.73. The number of hydrogen-bond donors (Lipinski definition) is 1. The first-order valence-corrected chi connectivity index (χ1v) is 14.9. The van der Waals surface area contributed by atoms with Crippen molar-refractivity contribution in [2.75, 3.05) is 0 Å². The van der Waals surface area contributed by atoms with Crippen LogP contribution in [0.15, 0.2) is 24.3 Å². The van der Waals surface area contributed by atoms with Crippen LogP contribution < -0.4 is 0 Å². The Kier molecular flexibility index (Phi) is 8.67. The molecular weight excluding hydrogens is 460 g/mol. The largest absolute Gasteiger partial charge is 0.380 e. The molecule has 2 aromatic carbocycles. The fourth-order valence-corrected chi connectivity index (χ4v) is 5.83. The number of rotatable bonds is 4. The Hall–Kier alpha value is -1.60. The Bertz CT molecular complexity index is 988. The Morgan fingerprint density at radius 1 is 0.447 bits per heavy atom. The molecule has 0 aliphatic rings. The Morgan fingerprint density at radius 2 is 0.658 bits per heavy atom. The van der Waals surface area contributed by atoms with Gasteiger partial charge in [0.05, 0.1) is 0 Å². The zero-order valence-electron chi connectivity index (χ0n) is 28.2. The van der Waals surface area contributed by atoms with Crippen molar-refractivity contribution in [3.8, 4) is 0 Å². The van der Waals surface area contributed by atoms with E-state index in [4.69, 9.17) is 0 Å². The van der Waals surface area contributed by atoms with Crippen LogP contribution in [0.4, 0.5) is 0 Å². The normalized spacial score (nSPS) is 14.3. The van der Waals surface area contributed by atoms with E-state index in [0.29, 0.717) is 0 Å². The van der Waals surface area contributed by atoms with Crippen LogP contribution in [0.1, 0.15) is 162 Å². The summed E-state index contributed by atoms with van der Waals surface area (Å²) in [5.41, 5.74) is 7.76. The zero-order chi connectivity index (χ0) is 29.9. The lowest BCUT2D eigenvalue weighted by atomic mass is 9.57. The van der Waals surface area contributed by atoms with Gasteiger partial charge in [-0.2, -0.15) is 0 Å². The second-order valence-corrected chi connectivity index (χ2v) is 16.8. The van der Waals surface area contributed by atoms with Crippen LogP contribution in [0.2, 0.25) is 0 Å². The van der Waals surface area contributed by atoms with Crippen LogP contribution in [0.3, 0.4) is 0 Å². The van der Waals surface area contributed by atoms with Crippen LogP contribution in [-0.2, 0) is 40.1 Å². The van der Waals surface area contributed by atoms with Crippen molar-refractivity contribution in [3.05, 3.63) is 68.8 Å². The van der Waals surface area contributed by atoms with Crippen LogP contribution in [-0.4, -0.2) is 5.11 Å². The standard InChI is InChI=1S/C37H60O/c1-18-24-20-26(32(3,4)5)30(27(21-24)33(6,7)8)37(38,36(15,16)17)31-28(34(9,10)11)22-25(19-2)23-29(31)35(12,13)14/h20-23,38H,18-19H2,1-17H3. The molecule has 38 heavy (non-hydrogen) atoms. The maximum absolute atomic E-state index is 13.8. The van der Waals surface area contributed by atoms with Gasteiger partial charge in [-0.3, -0.25) is 0 Å². The van der Waals surface area contributed by atoms with Gasteiger partial charge in [-0.1, -0.05) is 142 Å². The molecule has 0 aliphatic heterocycles. The van der Waals surface area contributed by atoms with Gasteiger partial charge in [-0.25, -0.2) is 0 Å². The van der Waals surface area contributed by atoms with E-state index < -0.39 is 11.0 Å². The van der Waals surface area contributed by atoms with E-state index in [-0.39, 0.29) is 21.7 Å². The second kappa shape index (κ2) is 10.1. The Morgan fingerprint density at radius 3 is 0.789 bits per heavy atom. The molecule has 1 nitrogen and oxygen atoms in total. The minimum atomic E-state index is -1.21. The number of hydrogen-bond acceptors (Lipinski definition) is 1. The smallest absolute Gasteiger partial charge is 0.121 e. The highest BCUT2D eigenvalue weighted by atomic mass is 16.3. The molecule has 0 aromatic heterocycles. The molecule has 0 aliphatic carbocycles. The summed E-state index contributed by atoms with van der Waals surface area (Å²) in [7, 11) is 0. The van der Waals surface area contributed by atoms with Crippen molar-refractivity contribution < 1.29 is 5.11 Å². The summed E-state index contributed by atoms with van der Waals surface area (Å²) in [4.78, 5) is 0. The predicted molar refractivity (Wildman–Crippen MR) is 169 cm³/mol. The molecule has 0 saturated carbocycles. The number of aryl methyl sites for hydroxylation is 2. The Balaban J connectivity index is 3.46. The van der Waals surface area contributed by atoms with Crippen LogP contribution in [0, 0.1) is 5.41 Å². The minimum Gasteiger partial charge on any atom is -0.380 e. The van der Waals surface area contributed by atoms with E-state index in [1.54, 1.807) is 0 Å². The summed E-state index contributed by atoms with van der Waals surface area (Å²) in [5, 5.41) is 13.8. The van der Waals surface area contributed by atoms with Crippen molar-refractivity contribution in [1.82, 2.24) is 0 Å². The van der Waals surface area contributed by atoms with Gasteiger partial charge in [-0.15, -0.1) is 0 Å². The maximum Gasteiger partial charge on any atom is 0.121 e. The van der Waals surface area contributed by atoms with Gasteiger partial charge in [0.1, 0.15) is 5.60 Å². The third kappa shape index (κ3) is 6.09. The fourth-order valence-electron chi connectivity index (χ4n) is 5.83. The molecular formula is C37H60O. The van der Waals surface area contributed by atoms with Crippen LogP contribution in [0.25, 0.3) is 0 Å². The van der Waals surface area contributed by atoms with Gasteiger partial charge in [0, 0.05) is 0 Å². The van der Waals surface area contributed by atoms with Gasteiger partial charge in [0.15, 0.2) is 0 Å². The molecule has 0 radical (unpaired) electrons. The summed E-state index contributed by atoms with van der Waals surface area (Å²) in [6.45, 7) is 38.8. The second-order valence-electron chi connectivity index (χ2n) is 16.8. The van der Waals surface area contributed by atoms with E-state index in [1.165, 1.54) is 33.4 Å². The van der Waals surface area contributed by atoms with Crippen molar-refractivity contribution in [1.29, 1.82) is 0 Å². The first kappa shape index (κ1) is 32.6. The number of aliphatic hydroxyl groups is 1. The van der Waals surface area contributed by atoms with Gasteiger partial charge in [0.25, 0.3) is 0 Å². The maximum atomic E-state index is 13.8. The van der Waals surface area contributed by atoms with Crippen molar-refractivity contribution in [3.63, 3.8) is 0 Å². The molecule has 0 unspecified atom stereocenters. The third-order valence-electron chi connectivity index (χ3n) is 8.25. The summed E-state index contributed by atoms with van der Waals surface area (Å²) in [6.07, 6.45) is 1.96. The van der Waals surface area contributed by atoms with Crippen molar-refractivity contribution >= 4 is 0 Å². The predicted octanol–water partition coefficient (Wildman–Crippen LogP) is 10.3. The summed E-state index contributed by atoms with van der Waals surface area (Å²) >= 11 is 0. The zero-order valence-corrected chi connectivity index (χ0v) is 28.2. The third-order valence-corrected chi connectivity index (χ3v) is 8.25. The highest BCUT2D eigenvalue weighted by Gasteiger charge is 2.52. The number of benzene rings is 2. The molecule has 0 atom stereocenters. The lowest BCUT2D eigenvalue weighted by Gasteiger charge is -2.50. The molecule has 2 rings (SSSR count). The molecule has 0 bridgehead atoms. The van der Waals surface area contributed by atoms with Gasteiger partial charge in [-0.05, 0) is 84.4 Å².